The highest BCUT2D eigenvalue weighted by Gasteiger charge is 2.83. The lowest BCUT2D eigenvalue weighted by atomic mass is 10.0. The number of nitrogens with one attached hydrogen (secondary N) is 1. The van der Waals surface area contributed by atoms with Crippen molar-refractivity contribution in [2.45, 2.75) is 23.9 Å². The zero-order chi connectivity index (χ0) is 14.3. The summed E-state index contributed by atoms with van der Waals surface area (Å²) in [6.07, 6.45) is -6.92. The van der Waals surface area contributed by atoms with Crippen LogP contribution in [0.4, 0.5) is 39.5 Å². The molecule has 2 nitrogen and oxygen atoms in total. The van der Waals surface area contributed by atoms with E-state index in [4.69, 9.17) is 0 Å². The quantitative estimate of drug-likeness (QED) is 0.787. The van der Waals surface area contributed by atoms with Gasteiger partial charge < -0.3 is 5.32 Å². The van der Waals surface area contributed by atoms with Crippen LogP contribution in [0.2, 0.25) is 0 Å². The normalized spacial score (nSPS) is 14.7. The van der Waals surface area contributed by atoms with Crippen molar-refractivity contribution in [1.82, 2.24) is 5.32 Å². The topological polar surface area (TPSA) is 29.1 Å². The van der Waals surface area contributed by atoms with Crippen LogP contribution in [0, 0.1) is 0 Å². The molecule has 11 heteroatoms. The lowest BCUT2D eigenvalue weighted by Crippen LogP contribution is -2.65. The van der Waals surface area contributed by atoms with E-state index in [9.17, 15) is 44.3 Å². The number of hydrogen-bond donors (Lipinski definition) is 1. The van der Waals surface area contributed by atoms with Gasteiger partial charge in [-0.3, -0.25) is 4.79 Å². The van der Waals surface area contributed by atoms with Gasteiger partial charge in [0.05, 0.1) is 0 Å². The van der Waals surface area contributed by atoms with Crippen LogP contribution in [-0.4, -0.2) is 36.9 Å². The molecule has 0 aliphatic carbocycles. The maximum Gasteiger partial charge on any atom is 0.460 e. The second kappa shape index (κ2) is 3.95. The molecule has 0 heterocycles. The van der Waals surface area contributed by atoms with Crippen molar-refractivity contribution < 1.29 is 44.3 Å². The van der Waals surface area contributed by atoms with Gasteiger partial charge in [-0.25, -0.2) is 0 Å². The Kier molecular flexibility index (Phi) is 3.68. The molecule has 0 rings (SSSR count). The summed E-state index contributed by atoms with van der Waals surface area (Å²) in [5, 5.41) is 0.865. The predicted molar refractivity (Wildman–Crippen MR) is 35.0 cm³/mol. The fourth-order valence-electron chi connectivity index (χ4n) is 0.675. The molecule has 0 aromatic heterocycles. The summed E-state index contributed by atoms with van der Waals surface area (Å²) in [5.41, 5.74) is 0. The zero-order valence-electron chi connectivity index (χ0n) is 7.81. The fraction of sp³-hybridized carbons (Fsp3) is 0.833. The molecular weight excluding hydrogens is 273 g/mol. The maximum atomic E-state index is 12.5. The third kappa shape index (κ3) is 2.14. The maximum absolute atomic E-state index is 12.5. The predicted octanol–water partition coefficient (Wildman–Crippen LogP) is 2.20. The minimum absolute atomic E-state index is 0.373. The molecular formula is C6H4F9NO. The Morgan fingerprint density at radius 1 is 0.824 bits per heavy atom. The van der Waals surface area contributed by atoms with Crippen LogP contribution in [0.5, 0.6) is 0 Å². The van der Waals surface area contributed by atoms with Gasteiger partial charge in [-0.2, -0.15) is 39.5 Å². The molecule has 0 spiro atoms. The summed E-state index contributed by atoms with van der Waals surface area (Å²) < 4.78 is 109. The first-order valence-electron chi connectivity index (χ1n) is 3.65. The number of alkyl halides is 9. The van der Waals surface area contributed by atoms with E-state index in [1.165, 1.54) is 0 Å². The zero-order valence-corrected chi connectivity index (χ0v) is 7.81. The van der Waals surface area contributed by atoms with Crippen molar-refractivity contribution in [3.63, 3.8) is 0 Å². The molecule has 0 aromatic carbocycles. The van der Waals surface area contributed by atoms with Gasteiger partial charge >= 0.3 is 23.9 Å². The van der Waals surface area contributed by atoms with Crippen LogP contribution in [0.25, 0.3) is 0 Å². The Balaban J connectivity index is 5.63. The Labute approximate surface area is 87.8 Å². The molecule has 0 saturated carbocycles. The van der Waals surface area contributed by atoms with E-state index in [0.29, 0.717) is 7.05 Å². The summed E-state index contributed by atoms with van der Waals surface area (Å²) in [6, 6.07) is 0. The van der Waals surface area contributed by atoms with Crippen molar-refractivity contribution in [2.24, 2.45) is 0 Å². The molecule has 0 aliphatic heterocycles. The lowest BCUT2D eigenvalue weighted by Gasteiger charge is -2.32. The van der Waals surface area contributed by atoms with Gasteiger partial charge in [-0.05, 0) is 0 Å². The molecule has 0 saturated heterocycles. The SMILES string of the molecule is CNC(=O)C(F)(F)C(F)(F)C(F)(F)C(F)(F)F. The molecule has 102 valence electrons. The number of carbonyl (C=O) groups excluding carboxylic acids is 1. The smallest absolute Gasteiger partial charge is 0.354 e. The molecule has 0 fully saturated rings. The standard InChI is InChI=1S/C6H4F9NO/c1-16-2(17)3(7,8)4(9,10)5(11,12)6(13,14)15/h1H3,(H,16,17). The Morgan fingerprint density at radius 3 is 1.41 bits per heavy atom. The third-order valence-electron chi connectivity index (χ3n) is 1.66. The molecule has 0 aliphatic rings. The highest BCUT2D eigenvalue weighted by Crippen LogP contribution is 2.52. The van der Waals surface area contributed by atoms with E-state index in [1.54, 1.807) is 0 Å². The first-order chi connectivity index (χ1) is 7.23. The van der Waals surface area contributed by atoms with E-state index >= 15 is 0 Å². The van der Waals surface area contributed by atoms with Crippen molar-refractivity contribution in [3.05, 3.63) is 0 Å². The Bertz CT molecular complexity index is 307. The minimum Gasteiger partial charge on any atom is -0.354 e. The molecule has 0 aromatic rings. The molecule has 17 heavy (non-hydrogen) atoms. The molecule has 0 radical (unpaired) electrons. The van der Waals surface area contributed by atoms with Crippen molar-refractivity contribution in [3.8, 4) is 0 Å². The van der Waals surface area contributed by atoms with Gasteiger partial charge in [-0.15, -0.1) is 0 Å². The van der Waals surface area contributed by atoms with Crippen molar-refractivity contribution >= 4 is 5.91 Å². The second-order valence-electron chi connectivity index (χ2n) is 2.80. The van der Waals surface area contributed by atoms with E-state index < -0.39 is 29.9 Å². The van der Waals surface area contributed by atoms with Gasteiger partial charge in [0.2, 0.25) is 0 Å². The molecule has 0 unspecified atom stereocenters. The highest BCUT2D eigenvalue weighted by atomic mass is 19.4. The molecule has 0 bridgehead atoms. The first-order valence-corrected chi connectivity index (χ1v) is 3.65. The van der Waals surface area contributed by atoms with E-state index in [1.807, 2.05) is 0 Å². The average Bonchev–Trinajstić information content (AvgIpc) is 2.13. The van der Waals surface area contributed by atoms with Gasteiger partial charge in [0.1, 0.15) is 0 Å². The van der Waals surface area contributed by atoms with Crippen LogP contribution in [0.1, 0.15) is 0 Å². The number of halogens is 9. The van der Waals surface area contributed by atoms with Crippen LogP contribution < -0.4 is 5.32 Å². The van der Waals surface area contributed by atoms with Crippen LogP contribution in [0.15, 0.2) is 0 Å². The summed E-state index contributed by atoms with van der Waals surface area (Å²) in [7, 11) is 0.373. The van der Waals surface area contributed by atoms with E-state index in [-0.39, 0.29) is 0 Å². The molecule has 0 atom stereocenters. The van der Waals surface area contributed by atoms with Crippen LogP contribution in [0.3, 0.4) is 0 Å². The van der Waals surface area contributed by atoms with Crippen molar-refractivity contribution in [2.75, 3.05) is 7.05 Å². The lowest BCUT2D eigenvalue weighted by molar-refractivity contribution is -0.388. The van der Waals surface area contributed by atoms with E-state index in [2.05, 4.69) is 0 Å². The second-order valence-corrected chi connectivity index (χ2v) is 2.80. The fourth-order valence-corrected chi connectivity index (χ4v) is 0.675. The third-order valence-corrected chi connectivity index (χ3v) is 1.66. The summed E-state index contributed by atoms with van der Waals surface area (Å²) in [6.45, 7) is 0. The first kappa shape index (κ1) is 15.8. The summed E-state index contributed by atoms with van der Waals surface area (Å²) in [5.74, 6) is -23.1. The van der Waals surface area contributed by atoms with Crippen LogP contribution >= 0.6 is 0 Å². The number of hydrogen-bond acceptors (Lipinski definition) is 1. The van der Waals surface area contributed by atoms with Gasteiger partial charge in [0.25, 0.3) is 5.91 Å². The Hall–Kier alpha value is -1.16. The largest absolute Gasteiger partial charge is 0.460 e. The van der Waals surface area contributed by atoms with Gasteiger partial charge in [-0.1, -0.05) is 0 Å². The monoisotopic (exact) mass is 277 g/mol. The van der Waals surface area contributed by atoms with Gasteiger partial charge in [0.15, 0.2) is 0 Å². The van der Waals surface area contributed by atoms with Crippen molar-refractivity contribution in [1.29, 1.82) is 0 Å². The average molecular weight is 277 g/mol. The number of carbonyl (C=O) groups is 1. The highest BCUT2D eigenvalue weighted by molar-refractivity contribution is 5.84. The summed E-state index contributed by atoms with van der Waals surface area (Å²) >= 11 is 0. The molecule has 1 amide bonds. The van der Waals surface area contributed by atoms with E-state index in [0.717, 1.165) is 5.32 Å². The Morgan fingerprint density at radius 2 is 1.18 bits per heavy atom. The molecule has 1 N–H and O–H groups in total. The number of rotatable bonds is 3. The summed E-state index contributed by atoms with van der Waals surface area (Å²) in [4.78, 5) is 10.2. The van der Waals surface area contributed by atoms with Crippen LogP contribution in [-0.2, 0) is 4.79 Å². The van der Waals surface area contributed by atoms with Gasteiger partial charge in [0, 0.05) is 7.05 Å². The number of amides is 1. The minimum atomic E-state index is -7.05.